The van der Waals surface area contributed by atoms with Crippen LogP contribution in [0.15, 0.2) is 18.2 Å². The highest BCUT2D eigenvalue weighted by atomic mass is 19.1. The molecule has 1 aromatic rings. The molecule has 0 aliphatic rings. The van der Waals surface area contributed by atoms with Crippen molar-refractivity contribution in [3.63, 3.8) is 0 Å². The second-order valence-corrected chi connectivity index (χ2v) is 4.79. The molecule has 1 aromatic carbocycles. The van der Waals surface area contributed by atoms with E-state index in [9.17, 15) is 14.0 Å². The summed E-state index contributed by atoms with van der Waals surface area (Å²) >= 11 is 0. The van der Waals surface area contributed by atoms with Crippen molar-refractivity contribution >= 4 is 11.7 Å². The zero-order valence-corrected chi connectivity index (χ0v) is 11.2. The molecule has 0 aromatic heterocycles. The smallest absolute Gasteiger partial charge is 0.254 e. The summed E-state index contributed by atoms with van der Waals surface area (Å²) in [6, 6.07) is 4.30. The first-order chi connectivity index (χ1) is 8.31. The van der Waals surface area contributed by atoms with Gasteiger partial charge in [0.05, 0.1) is 6.54 Å². The van der Waals surface area contributed by atoms with Crippen molar-refractivity contribution in [2.24, 2.45) is 0 Å². The van der Waals surface area contributed by atoms with Crippen LogP contribution in [0, 0.1) is 5.82 Å². The molecule has 0 heterocycles. The molecule has 0 aliphatic carbocycles. The Balaban J connectivity index is 3.02. The molecule has 0 saturated heterocycles. The van der Waals surface area contributed by atoms with E-state index >= 15 is 0 Å². The highest BCUT2D eigenvalue weighted by molar-refractivity contribution is 5.96. The predicted molar refractivity (Wildman–Crippen MR) is 68.1 cm³/mol. The van der Waals surface area contributed by atoms with Gasteiger partial charge in [-0.05, 0) is 36.6 Å². The number of nitrogens with zero attached hydrogens (tertiary/aromatic N) is 1. The van der Waals surface area contributed by atoms with Crippen molar-refractivity contribution in [1.29, 1.82) is 0 Å². The Kier molecular flexibility index (Phi) is 4.59. The third-order valence-corrected chi connectivity index (χ3v) is 2.64. The highest BCUT2D eigenvalue weighted by Gasteiger charge is 2.15. The lowest BCUT2D eigenvalue weighted by Crippen LogP contribution is -2.31. The maximum atomic E-state index is 13.4. The summed E-state index contributed by atoms with van der Waals surface area (Å²) in [6.45, 7) is 5.31. The van der Waals surface area contributed by atoms with Crippen molar-refractivity contribution in [3.05, 3.63) is 35.1 Å². The summed E-state index contributed by atoms with van der Waals surface area (Å²) in [6.07, 6.45) is 0. The number of rotatable bonds is 4. The van der Waals surface area contributed by atoms with Gasteiger partial charge in [0.1, 0.15) is 11.6 Å². The fourth-order valence-electron chi connectivity index (χ4n) is 1.70. The van der Waals surface area contributed by atoms with Crippen molar-refractivity contribution in [2.75, 3.05) is 13.6 Å². The molecule has 0 N–H and O–H groups in total. The average molecular weight is 251 g/mol. The molecular weight excluding hydrogens is 233 g/mol. The summed E-state index contributed by atoms with van der Waals surface area (Å²) in [5.41, 5.74) is 1.05. The van der Waals surface area contributed by atoms with Crippen LogP contribution in [-0.2, 0) is 4.79 Å². The van der Waals surface area contributed by atoms with Gasteiger partial charge >= 0.3 is 0 Å². The van der Waals surface area contributed by atoms with E-state index in [4.69, 9.17) is 0 Å². The Labute approximate surface area is 107 Å². The number of halogens is 1. The Morgan fingerprint density at radius 2 is 1.89 bits per heavy atom. The van der Waals surface area contributed by atoms with Crippen LogP contribution >= 0.6 is 0 Å². The quantitative estimate of drug-likeness (QED) is 0.825. The second kappa shape index (κ2) is 5.76. The second-order valence-electron chi connectivity index (χ2n) is 4.79. The number of hydrogen-bond acceptors (Lipinski definition) is 2. The van der Waals surface area contributed by atoms with E-state index in [1.165, 1.54) is 31.0 Å². The number of hydrogen-bond donors (Lipinski definition) is 0. The molecule has 0 aliphatic heterocycles. The van der Waals surface area contributed by atoms with Crippen LogP contribution in [0.2, 0.25) is 0 Å². The molecule has 0 unspecified atom stereocenters. The molecule has 1 amide bonds. The third kappa shape index (κ3) is 3.65. The van der Waals surface area contributed by atoms with Gasteiger partial charge in [0, 0.05) is 12.6 Å². The van der Waals surface area contributed by atoms with Crippen molar-refractivity contribution in [1.82, 2.24) is 4.90 Å². The van der Waals surface area contributed by atoms with Crippen molar-refractivity contribution < 1.29 is 14.0 Å². The van der Waals surface area contributed by atoms with E-state index in [0.29, 0.717) is 0 Å². The van der Waals surface area contributed by atoms with Crippen LogP contribution in [-0.4, -0.2) is 30.2 Å². The van der Waals surface area contributed by atoms with Gasteiger partial charge in [-0.25, -0.2) is 4.39 Å². The van der Waals surface area contributed by atoms with Crippen LogP contribution < -0.4 is 0 Å². The van der Waals surface area contributed by atoms with Gasteiger partial charge < -0.3 is 4.90 Å². The highest BCUT2D eigenvalue weighted by Crippen LogP contribution is 2.18. The summed E-state index contributed by atoms with van der Waals surface area (Å²) in [5, 5.41) is 0. The molecule has 0 spiro atoms. The van der Waals surface area contributed by atoms with Crippen molar-refractivity contribution in [2.45, 2.75) is 26.7 Å². The summed E-state index contributed by atoms with van der Waals surface area (Å²) < 4.78 is 13.4. The molecule has 18 heavy (non-hydrogen) atoms. The number of ketones is 1. The van der Waals surface area contributed by atoms with Gasteiger partial charge in [-0.1, -0.05) is 13.8 Å². The van der Waals surface area contributed by atoms with Gasteiger partial charge in [0.25, 0.3) is 5.91 Å². The van der Waals surface area contributed by atoms with Gasteiger partial charge in [-0.3, -0.25) is 9.59 Å². The minimum absolute atomic E-state index is 0.0341. The van der Waals surface area contributed by atoms with Gasteiger partial charge in [0.15, 0.2) is 0 Å². The molecular formula is C14H18FNO2. The number of Topliss-reactive ketones (excluding diaryl/α,β-unsaturated/α-hetero) is 1. The lowest BCUT2D eigenvalue weighted by molar-refractivity contribution is -0.117. The fraction of sp³-hybridized carbons (Fsp3) is 0.429. The van der Waals surface area contributed by atoms with Crippen molar-refractivity contribution in [3.8, 4) is 0 Å². The van der Waals surface area contributed by atoms with E-state index in [-0.39, 0.29) is 29.7 Å². The minimum atomic E-state index is -0.430. The van der Waals surface area contributed by atoms with Gasteiger partial charge in [0.2, 0.25) is 0 Å². The average Bonchev–Trinajstić information content (AvgIpc) is 2.26. The topological polar surface area (TPSA) is 37.4 Å². The fourth-order valence-corrected chi connectivity index (χ4v) is 1.70. The van der Waals surface area contributed by atoms with Crippen LogP contribution in [0.5, 0.6) is 0 Å². The molecule has 3 nitrogen and oxygen atoms in total. The molecule has 0 radical (unpaired) electrons. The standard InChI is InChI=1S/C14H18FNO2/c1-9(2)11-5-12(7-13(15)6-11)14(18)16(4)8-10(3)17/h5-7,9H,8H2,1-4H3. The molecule has 0 atom stereocenters. The Morgan fingerprint density at radius 3 is 2.39 bits per heavy atom. The molecule has 0 bridgehead atoms. The Bertz CT molecular complexity index is 469. The number of carbonyl (C=O) groups excluding carboxylic acids is 2. The number of benzene rings is 1. The Morgan fingerprint density at radius 1 is 1.28 bits per heavy atom. The first-order valence-corrected chi connectivity index (χ1v) is 5.86. The van der Waals surface area contributed by atoms with Crippen LogP contribution in [0.25, 0.3) is 0 Å². The third-order valence-electron chi connectivity index (χ3n) is 2.64. The Hall–Kier alpha value is -1.71. The largest absolute Gasteiger partial charge is 0.334 e. The van der Waals surface area contributed by atoms with Crippen LogP contribution in [0.3, 0.4) is 0 Å². The molecule has 98 valence electrons. The van der Waals surface area contributed by atoms with E-state index in [1.807, 2.05) is 13.8 Å². The lowest BCUT2D eigenvalue weighted by Gasteiger charge is -2.16. The summed E-state index contributed by atoms with van der Waals surface area (Å²) in [4.78, 5) is 24.3. The first kappa shape index (κ1) is 14.4. The molecule has 1 rings (SSSR count). The predicted octanol–water partition coefficient (Wildman–Crippen LogP) is 2.61. The zero-order valence-electron chi connectivity index (χ0n) is 11.2. The van der Waals surface area contributed by atoms with E-state index in [2.05, 4.69) is 0 Å². The SMILES string of the molecule is CC(=O)CN(C)C(=O)c1cc(F)cc(C(C)C)c1. The maximum absolute atomic E-state index is 13.4. The molecule has 4 heteroatoms. The van der Waals surface area contributed by atoms with Crippen LogP contribution in [0.1, 0.15) is 42.6 Å². The monoisotopic (exact) mass is 251 g/mol. The van der Waals surface area contributed by atoms with Gasteiger partial charge in [-0.2, -0.15) is 0 Å². The number of carbonyl (C=O) groups is 2. The maximum Gasteiger partial charge on any atom is 0.254 e. The van der Waals surface area contributed by atoms with E-state index < -0.39 is 5.82 Å². The minimum Gasteiger partial charge on any atom is -0.334 e. The zero-order chi connectivity index (χ0) is 13.9. The normalized spacial score (nSPS) is 10.6. The van der Waals surface area contributed by atoms with E-state index in [1.54, 1.807) is 6.07 Å². The summed E-state index contributed by atoms with van der Waals surface area (Å²) in [5.74, 6) is -0.732. The molecule has 0 saturated carbocycles. The molecule has 0 fully saturated rings. The first-order valence-electron chi connectivity index (χ1n) is 5.86. The van der Waals surface area contributed by atoms with Crippen LogP contribution in [0.4, 0.5) is 4.39 Å². The number of likely N-dealkylation sites (N-methyl/N-ethyl adjacent to an activating group) is 1. The summed E-state index contributed by atoms with van der Waals surface area (Å²) in [7, 11) is 1.53. The van der Waals surface area contributed by atoms with E-state index in [0.717, 1.165) is 5.56 Å². The lowest BCUT2D eigenvalue weighted by atomic mass is 10.00. The van der Waals surface area contributed by atoms with Gasteiger partial charge in [-0.15, -0.1) is 0 Å². The number of amides is 1.